The van der Waals surface area contributed by atoms with Gasteiger partial charge in [-0.05, 0) is 24.8 Å². The molecule has 0 bridgehead atoms. The average molecular weight is 324 g/mol. The summed E-state index contributed by atoms with van der Waals surface area (Å²) in [6, 6.07) is 3.98. The minimum atomic E-state index is -0.154. The average Bonchev–Trinajstić information content (AvgIpc) is 3.02. The van der Waals surface area contributed by atoms with Gasteiger partial charge in [0, 0.05) is 25.8 Å². The molecule has 1 N–H and O–H groups in total. The largest absolute Gasteiger partial charge is 0.353 e. The summed E-state index contributed by atoms with van der Waals surface area (Å²) in [6.45, 7) is 4.66. The van der Waals surface area contributed by atoms with Gasteiger partial charge in [-0.1, -0.05) is 6.92 Å². The van der Waals surface area contributed by atoms with Gasteiger partial charge in [-0.2, -0.15) is 5.26 Å². The van der Waals surface area contributed by atoms with Gasteiger partial charge in [0.25, 0.3) is 0 Å². The highest BCUT2D eigenvalue weighted by Crippen LogP contribution is 2.42. The van der Waals surface area contributed by atoms with Crippen LogP contribution < -0.4 is 4.90 Å². The first-order chi connectivity index (χ1) is 11.6. The van der Waals surface area contributed by atoms with Crippen molar-refractivity contribution < 1.29 is 4.79 Å². The summed E-state index contributed by atoms with van der Waals surface area (Å²) in [5.41, 5.74) is 0.678. The zero-order valence-electron chi connectivity index (χ0n) is 13.7. The summed E-state index contributed by atoms with van der Waals surface area (Å²) >= 11 is 0. The Bertz CT molecular complexity index is 824. The lowest BCUT2D eigenvalue weighted by atomic mass is 9.74. The standard InChI is InChI=1S/C17H20N6O/c1-12-8-17(4-7-23(17)14(24)2-5-18)10-22(9-12)16-13-3-6-19-15(13)20-11-21-16/h3,6,11-12H,2,4,7-10H2,1H3,(H,19,20,21). The first-order valence-corrected chi connectivity index (χ1v) is 8.33. The number of aromatic amines is 1. The van der Waals surface area contributed by atoms with Crippen LogP contribution in [-0.4, -0.2) is 50.9 Å². The number of nitrogens with zero attached hydrogens (tertiary/aromatic N) is 5. The molecule has 0 aliphatic carbocycles. The zero-order valence-corrected chi connectivity index (χ0v) is 13.7. The zero-order chi connectivity index (χ0) is 16.7. The second-order valence-electron chi connectivity index (χ2n) is 6.98. The quantitative estimate of drug-likeness (QED) is 0.908. The number of aromatic nitrogens is 3. The number of piperidine rings is 1. The van der Waals surface area contributed by atoms with E-state index in [-0.39, 0.29) is 17.9 Å². The Labute approximate surface area is 140 Å². The van der Waals surface area contributed by atoms with E-state index in [9.17, 15) is 4.79 Å². The first kappa shape index (κ1) is 14.9. The maximum atomic E-state index is 12.3. The SMILES string of the molecule is CC1CN(c2ncnc3[nH]ccc23)CC2(CCN2C(=O)CC#N)C1. The molecule has 4 heterocycles. The molecule has 0 radical (unpaired) electrons. The van der Waals surface area contributed by atoms with Crippen molar-refractivity contribution in [3.05, 3.63) is 18.6 Å². The molecule has 7 nitrogen and oxygen atoms in total. The minimum Gasteiger partial charge on any atom is -0.353 e. The minimum absolute atomic E-state index is 0.0360. The van der Waals surface area contributed by atoms with Crippen LogP contribution in [0.15, 0.2) is 18.6 Å². The third-order valence-electron chi connectivity index (χ3n) is 5.28. The van der Waals surface area contributed by atoms with E-state index in [1.54, 1.807) is 6.33 Å². The third-order valence-corrected chi connectivity index (χ3v) is 5.28. The van der Waals surface area contributed by atoms with Crippen molar-refractivity contribution in [2.24, 2.45) is 5.92 Å². The molecule has 1 spiro atoms. The van der Waals surface area contributed by atoms with Gasteiger partial charge in [-0.25, -0.2) is 9.97 Å². The molecule has 2 aromatic rings. The Morgan fingerprint density at radius 2 is 2.42 bits per heavy atom. The van der Waals surface area contributed by atoms with E-state index in [2.05, 4.69) is 26.8 Å². The molecule has 2 aromatic heterocycles. The summed E-state index contributed by atoms with van der Waals surface area (Å²) in [6.07, 6.45) is 5.40. The molecule has 7 heteroatoms. The summed E-state index contributed by atoms with van der Waals surface area (Å²) in [5, 5.41) is 9.85. The van der Waals surface area contributed by atoms with Crippen LogP contribution >= 0.6 is 0 Å². The van der Waals surface area contributed by atoms with E-state index in [1.165, 1.54) is 0 Å². The molecule has 4 rings (SSSR count). The third kappa shape index (κ3) is 2.21. The Balaban J connectivity index is 1.65. The molecule has 124 valence electrons. The maximum absolute atomic E-state index is 12.3. The summed E-state index contributed by atoms with van der Waals surface area (Å²) in [5.74, 6) is 1.33. The highest BCUT2D eigenvalue weighted by atomic mass is 16.2. The summed E-state index contributed by atoms with van der Waals surface area (Å²) in [7, 11) is 0. The van der Waals surface area contributed by atoms with Crippen LogP contribution in [0.1, 0.15) is 26.2 Å². The van der Waals surface area contributed by atoms with Crippen LogP contribution in [0.3, 0.4) is 0 Å². The molecule has 2 saturated heterocycles. The first-order valence-electron chi connectivity index (χ1n) is 8.33. The highest BCUT2D eigenvalue weighted by Gasteiger charge is 2.51. The number of nitriles is 1. The van der Waals surface area contributed by atoms with E-state index in [0.717, 1.165) is 49.3 Å². The predicted octanol–water partition coefficient (Wildman–Crippen LogP) is 1.69. The number of carbonyl (C=O) groups is 1. The van der Waals surface area contributed by atoms with Crippen molar-refractivity contribution in [3.8, 4) is 6.07 Å². The number of H-pyrrole nitrogens is 1. The predicted molar refractivity (Wildman–Crippen MR) is 89.2 cm³/mol. The monoisotopic (exact) mass is 324 g/mol. The summed E-state index contributed by atoms with van der Waals surface area (Å²) in [4.78, 5) is 28.4. The number of carbonyl (C=O) groups excluding carboxylic acids is 1. The lowest BCUT2D eigenvalue weighted by Crippen LogP contribution is -2.69. The van der Waals surface area contributed by atoms with Gasteiger partial charge in [-0.15, -0.1) is 0 Å². The van der Waals surface area contributed by atoms with Gasteiger partial charge in [0.15, 0.2) is 0 Å². The van der Waals surface area contributed by atoms with Crippen LogP contribution in [0.2, 0.25) is 0 Å². The number of hydrogen-bond donors (Lipinski definition) is 1. The van der Waals surface area contributed by atoms with Crippen LogP contribution in [0.4, 0.5) is 5.82 Å². The molecule has 2 aliphatic heterocycles. The van der Waals surface area contributed by atoms with Gasteiger partial charge < -0.3 is 14.8 Å². The number of amides is 1. The fraction of sp³-hybridized carbons (Fsp3) is 0.529. The fourth-order valence-corrected chi connectivity index (χ4v) is 4.31. The van der Waals surface area contributed by atoms with Gasteiger partial charge in [-0.3, -0.25) is 4.79 Å². The molecule has 2 aliphatic rings. The van der Waals surface area contributed by atoms with E-state index in [4.69, 9.17) is 5.26 Å². The lowest BCUT2D eigenvalue weighted by Gasteiger charge is -2.58. The Morgan fingerprint density at radius 1 is 1.54 bits per heavy atom. The lowest BCUT2D eigenvalue weighted by molar-refractivity contribution is -0.148. The second kappa shape index (κ2) is 5.48. The second-order valence-corrected chi connectivity index (χ2v) is 6.98. The van der Waals surface area contributed by atoms with Gasteiger partial charge >= 0.3 is 0 Å². The molecule has 0 saturated carbocycles. The number of likely N-dealkylation sites (tertiary alicyclic amines) is 1. The molecular formula is C17H20N6O. The fourth-order valence-electron chi connectivity index (χ4n) is 4.31. The van der Waals surface area contributed by atoms with Gasteiger partial charge in [0.1, 0.15) is 24.2 Å². The number of anilines is 1. The van der Waals surface area contributed by atoms with Gasteiger partial charge in [0.05, 0.1) is 17.0 Å². The van der Waals surface area contributed by atoms with Gasteiger partial charge in [0.2, 0.25) is 5.91 Å². The Morgan fingerprint density at radius 3 is 3.17 bits per heavy atom. The van der Waals surface area contributed by atoms with E-state index >= 15 is 0 Å². The van der Waals surface area contributed by atoms with Crippen LogP contribution in [-0.2, 0) is 4.79 Å². The van der Waals surface area contributed by atoms with Crippen LogP contribution in [0.5, 0.6) is 0 Å². The molecule has 2 unspecified atom stereocenters. The Hall–Kier alpha value is -2.62. The molecule has 1 amide bonds. The van der Waals surface area contributed by atoms with E-state index in [1.807, 2.05) is 23.2 Å². The molecule has 24 heavy (non-hydrogen) atoms. The van der Waals surface area contributed by atoms with Crippen molar-refractivity contribution in [1.82, 2.24) is 19.9 Å². The molecule has 2 fully saturated rings. The van der Waals surface area contributed by atoms with E-state index < -0.39 is 0 Å². The van der Waals surface area contributed by atoms with Crippen molar-refractivity contribution >= 4 is 22.8 Å². The van der Waals surface area contributed by atoms with Crippen molar-refractivity contribution in [3.63, 3.8) is 0 Å². The number of nitrogens with one attached hydrogen (secondary N) is 1. The number of fused-ring (bicyclic) bond motifs is 1. The maximum Gasteiger partial charge on any atom is 0.237 e. The van der Waals surface area contributed by atoms with Crippen LogP contribution in [0.25, 0.3) is 11.0 Å². The molecule has 0 aromatic carbocycles. The number of hydrogen-bond acceptors (Lipinski definition) is 5. The highest BCUT2D eigenvalue weighted by molar-refractivity contribution is 5.87. The van der Waals surface area contributed by atoms with Crippen LogP contribution in [0, 0.1) is 17.2 Å². The topological polar surface area (TPSA) is 88.9 Å². The van der Waals surface area contributed by atoms with Crippen molar-refractivity contribution in [2.75, 3.05) is 24.5 Å². The molecular weight excluding hydrogens is 304 g/mol. The number of rotatable bonds is 2. The Kier molecular flexibility index (Phi) is 3.41. The van der Waals surface area contributed by atoms with Crippen molar-refractivity contribution in [1.29, 1.82) is 5.26 Å². The normalized spacial score (nSPS) is 26.4. The summed E-state index contributed by atoms with van der Waals surface area (Å²) < 4.78 is 0. The molecule has 2 atom stereocenters. The van der Waals surface area contributed by atoms with E-state index in [0.29, 0.717) is 5.92 Å². The van der Waals surface area contributed by atoms with Crippen molar-refractivity contribution in [2.45, 2.75) is 31.7 Å². The smallest absolute Gasteiger partial charge is 0.237 e.